The lowest BCUT2D eigenvalue weighted by molar-refractivity contribution is 0.168. The molecule has 1 aromatic carbocycles. The van der Waals surface area contributed by atoms with Crippen LogP contribution in [-0.4, -0.2) is 18.6 Å². The maximum absolute atomic E-state index is 15.2. The van der Waals surface area contributed by atoms with Gasteiger partial charge in [0.1, 0.15) is 5.82 Å². The van der Waals surface area contributed by atoms with Crippen LogP contribution in [0.1, 0.15) is 127 Å². The van der Waals surface area contributed by atoms with Crippen LogP contribution in [0.5, 0.6) is 0 Å². The summed E-state index contributed by atoms with van der Waals surface area (Å²) >= 11 is 0. The predicted molar refractivity (Wildman–Crippen MR) is 138 cm³/mol. The molecule has 0 saturated heterocycles. The number of halogens is 1. The van der Waals surface area contributed by atoms with E-state index < -0.39 is 0 Å². The fourth-order valence-electron chi connectivity index (χ4n) is 7.39. The zero-order chi connectivity index (χ0) is 23.2. The average molecular weight is 457 g/mol. The van der Waals surface area contributed by atoms with Crippen molar-refractivity contribution < 1.29 is 4.39 Å². The highest BCUT2D eigenvalue weighted by atomic mass is 19.1. The van der Waals surface area contributed by atoms with Crippen LogP contribution in [0, 0.1) is 23.6 Å². The molecule has 0 aromatic heterocycles. The molecule has 3 N–H and O–H groups in total. The van der Waals surface area contributed by atoms with Gasteiger partial charge in [0.2, 0.25) is 0 Å². The van der Waals surface area contributed by atoms with Crippen molar-refractivity contribution >= 4 is 0 Å². The second kappa shape index (κ2) is 12.2. The van der Waals surface area contributed by atoms with Gasteiger partial charge in [0.05, 0.1) is 0 Å². The first-order valence-corrected chi connectivity index (χ1v) is 14.4. The van der Waals surface area contributed by atoms with E-state index in [-0.39, 0.29) is 5.82 Å². The van der Waals surface area contributed by atoms with Crippen LogP contribution in [0.4, 0.5) is 4.39 Å². The highest BCUT2D eigenvalue weighted by Gasteiger charge is 2.32. The first-order valence-electron chi connectivity index (χ1n) is 14.4. The van der Waals surface area contributed by atoms with Gasteiger partial charge in [-0.3, -0.25) is 0 Å². The highest BCUT2D eigenvalue weighted by molar-refractivity contribution is 5.30. The van der Waals surface area contributed by atoms with E-state index in [9.17, 15) is 0 Å². The summed E-state index contributed by atoms with van der Waals surface area (Å²) in [4.78, 5) is 0. The number of nitrogens with two attached hydrogens (primary N) is 1. The van der Waals surface area contributed by atoms with E-state index in [1.165, 1.54) is 95.6 Å². The third-order valence-electron chi connectivity index (χ3n) is 9.68. The van der Waals surface area contributed by atoms with E-state index >= 15 is 4.39 Å². The van der Waals surface area contributed by atoms with E-state index in [1.807, 2.05) is 6.07 Å². The lowest BCUT2D eigenvalue weighted by Gasteiger charge is -2.38. The molecule has 1 aromatic rings. The van der Waals surface area contributed by atoms with Crippen molar-refractivity contribution in [1.29, 1.82) is 0 Å². The quantitative estimate of drug-likeness (QED) is 0.421. The predicted octanol–water partition coefficient (Wildman–Crippen LogP) is 7.67. The van der Waals surface area contributed by atoms with Gasteiger partial charge in [-0.1, -0.05) is 26.0 Å². The minimum absolute atomic E-state index is 0.0610. The van der Waals surface area contributed by atoms with Gasteiger partial charge >= 0.3 is 0 Å². The van der Waals surface area contributed by atoms with Crippen molar-refractivity contribution in [1.82, 2.24) is 5.32 Å². The minimum atomic E-state index is 0.0610. The molecule has 1 atom stereocenters. The molecule has 3 saturated carbocycles. The first-order chi connectivity index (χ1) is 16.1. The van der Waals surface area contributed by atoms with Crippen molar-refractivity contribution in [3.63, 3.8) is 0 Å². The number of nitrogens with one attached hydrogen (secondary N) is 1. The monoisotopic (exact) mass is 456 g/mol. The SMILES string of the molecule is CCCNC1CCC(C2CCC(c3ccc(C4CCC(C(N)CC)CC4)cc3F)CC2)CC1. The molecule has 0 aliphatic heterocycles. The topological polar surface area (TPSA) is 38.0 Å². The zero-order valence-electron chi connectivity index (χ0n) is 21.3. The Morgan fingerprint density at radius 1 is 0.848 bits per heavy atom. The molecule has 0 spiro atoms. The van der Waals surface area contributed by atoms with E-state index in [2.05, 4.69) is 31.3 Å². The van der Waals surface area contributed by atoms with Crippen molar-refractivity contribution in [3.05, 3.63) is 35.1 Å². The fraction of sp³-hybridized carbons (Fsp3) is 0.800. The van der Waals surface area contributed by atoms with Crippen LogP contribution in [0.2, 0.25) is 0 Å². The maximum Gasteiger partial charge on any atom is 0.126 e. The Bertz CT molecular complexity index is 710. The standard InChI is InChI=1S/C30H49FN2/c1-3-19-33-27-16-13-22(14-17-27)21-5-9-24(10-6-21)28-18-15-26(20-29(28)31)23-7-11-25(12-8-23)30(32)4-2/h15,18,20-25,27,30,33H,3-14,16-17,19,32H2,1-2H3. The summed E-state index contributed by atoms with van der Waals surface area (Å²) < 4.78 is 15.2. The van der Waals surface area contributed by atoms with Gasteiger partial charge < -0.3 is 11.1 Å². The normalized spacial score (nSPS) is 34.2. The number of benzene rings is 1. The number of hydrogen-bond acceptors (Lipinski definition) is 2. The highest BCUT2D eigenvalue weighted by Crippen LogP contribution is 2.44. The molecule has 3 heteroatoms. The zero-order valence-corrected chi connectivity index (χ0v) is 21.3. The molecule has 33 heavy (non-hydrogen) atoms. The van der Waals surface area contributed by atoms with Gasteiger partial charge in [0.25, 0.3) is 0 Å². The molecule has 0 bridgehead atoms. The summed E-state index contributed by atoms with van der Waals surface area (Å²) in [6.07, 6.45) is 17.5. The van der Waals surface area contributed by atoms with Crippen LogP contribution in [0.25, 0.3) is 0 Å². The maximum atomic E-state index is 15.2. The molecule has 3 fully saturated rings. The Hall–Kier alpha value is -0.930. The second-order valence-electron chi connectivity index (χ2n) is 11.6. The third kappa shape index (κ3) is 6.40. The van der Waals surface area contributed by atoms with Crippen molar-refractivity contribution in [2.45, 2.75) is 128 Å². The van der Waals surface area contributed by atoms with E-state index in [4.69, 9.17) is 5.73 Å². The van der Waals surface area contributed by atoms with Crippen LogP contribution >= 0.6 is 0 Å². The summed E-state index contributed by atoms with van der Waals surface area (Å²) in [5.41, 5.74) is 8.49. The van der Waals surface area contributed by atoms with E-state index in [1.54, 1.807) is 0 Å². The minimum Gasteiger partial charge on any atom is -0.327 e. The Kier molecular flexibility index (Phi) is 9.27. The van der Waals surface area contributed by atoms with Crippen LogP contribution in [-0.2, 0) is 0 Å². The summed E-state index contributed by atoms with van der Waals surface area (Å²) in [5, 5.41) is 3.72. The van der Waals surface area contributed by atoms with Crippen LogP contribution < -0.4 is 11.1 Å². The molecular formula is C30H49FN2. The number of rotatable bonds is 8. The van der Waals surface area contributed by atoms with E-state index in [0.29, 0.717) is 23.8 Å². The van der Waals surface area contributed by atoms with Gasteiger partial charge in [-0.25, -0.2) is 4.39 Å². The molecule has 0 radical (unpaired) electrons. The second-order valence-corrected chi connectivity index (χ2v) is 11.6. The van der Waals surface area contributed by atoms with Crippen molar-refractivity contribution in [2.75, 3.05) is 6.54 Å². The summed E-state index contributed by atoms with van der Waals surface area (Å²) in [7, 11) is 0. The molecule has 3 aliphatic carbocycles. The third-order valence-corrected chi connectivity index (χ3v) is 9.68. The number of hydrogen-bond donors (Lipinski definition) is 2. The molecule has 0 amide bonds. The Labute approximate surface area is 202 Å². The molecule has 4 rings (SSSR count). The molecule has 0 heterocycles. The molecular weight excluding hydrogens is 407 g/mol. The van der Waals surface area contributed by atoms with E-state index in [0.717, 1.165) is 29.9 Å². The molecule has 1 unspecified atom stereocenters. The van der Waals surface area contributed by atoms with Crippen LogP contribution in [0.3, 0.4) is 0 Å². The molecule has 186 valence electrons. The van der Waals surface area contributed by atoms with Crippen molar-refractivity contribution in [3.8, 4) is 0 Å². The lowest BCUT2D eigenvalue weighted by atomic mass is 9.69. The average Bonchev–Trinajstić information content (AvgIpc) is 2.87. The van der Waals surface area contributed by atoms with Gasteiger partial charge in [0.15, 0.2) is 0 Å². The van der Waals surface area contributed by atoms with Gasteiger partial charge in [0, 0.05) is 12.1 Å². The van der Waals surface area contributed by atoms with Crippen molar-refractivity contribution in [2.24, 2.45) is 23.5 Å². The largest absolute Gasteiger partial charge is 0.327 e. The van der Waals surface area contributed by atoms with Gasteiger partial charge in [-0.15, -0.1) is 0 Å². The molecule has 3 aliphatic rings. The fourth-order valence-corrected chi connectivity index (χ4v) is 7.39. The first kappa shape index (κ1) is 25.2. The summed E-state index contributed by atoms with van der Waals surface area (Å²) in [6, 6.07) is 7.37. The van der Waals surface area contributed by atoms with Crippen LogP contribution in [0.15, 0.2) is 18.2 Å². The Balaban J connectivity index is 1.25. The smallest absolute Gasteiger partial charge is 0.126 e. The lowest BCUT2D eigenvalue weighted by Crippen LogP contribution is -2.35. The molecule has 2 nitrogen and oxygen atoms in total. The van der Waals surface area contributed by atoms with Gasteiger partial charge in [-0.2, -0.15) is 0 Å². The summed E-state index contributed by atoms with van der Waals surface area (Å²) in [5.74, 6) is 3.45. The summed E-state index contributed by atoms with van der Waals surface area (Å²) in [6.45, 7) is 5.61. The Morgan fingerprint density at radius 2 is 1.45 bits per heavy atom. The van der Waals surface area contributed by atoms with Gasteiger partial charge in [-0.05, 0) is 143 Å². The Morgan fingerprint density at radius 3 is 2.03 bits per heavy atom.